The summed E-state index contributed by atoms with van der Waals surface area (Å²) >= 11 is 1.09. The molecule has 2 aromatic heterocycles. The van der Waals surface area contributed by atoms with E-state index >= 15 is 0 Å². The molecule has 0 aliphatic carbocycles. The zero-order valence-electron chi connectivity index (χ0n) is 16.7. The average Bonchev–Trinajstić information content (AvgIpc) is 2.98. The molecular formula is C20H25N3O4S. The fourth-order valence-corrected chi connectivity index (χ4v) is 3.82. The summed E-state index contributed by atoms with van der Waals surface area (Å²) in [7, 11) is 0. The highest BCUT2D eigenvalue weighted by atomic mass is 32.1. The number of anilines is 1. The van der Waals surface area contributed by atoms with E-state index < -0.39 is 5.97 Å². The number of thiophene rings is 1. The van der Waals surface area contributed by atoms with Crippen LogP contribution in [-0.2, 0) is 4.74 Å². The molecule has 150 valence electrons. The lowest BCUT2D eigenvalue weighted by Gasteiger charge is -2.18. The van der Waals surface area contributed by atoms with Crippen LogP contribution in [0.3, 0.4) is 0 Å². The Hall–Kier alpha value is -2.74. The van der Waals surface area contributed by atoms with E-state index in [-0.39, 0.29) is 23.5 Å². The van der Waals surface area contributed by atoms with Crippen LogP contribution in [0.1, 0.15) is 63.6 Å². The van der Waals surface area contributed by atoms with E-state index in [2.05, 4.69) is 10.3 Å². The number of rotatable bonds is 7. The second-order valence-electron chi connectivity index (χ2n) is 6.38. The van der Waals surface area contributed by atoms with Gasteiger partial charge in [-0.25, -0.2) is 4.79 Å². The van der Waals surface area contributed by atoms with Gasteiger partial charge in [0, 0.05) is 31.0 Å². The number of amides is 2. The fraction of sp³-hybridized carbons (Fsp3) is 0.400. The molecule has 0 aliphatic rings. The van der Waals surface area contributed by atoms with Gasteiger partial charge in [0.1, 0.15) is 5.00 Å². The Morgan fingerprint density at radius 1 is 1.18 bits per heavy atom. The molecule has 0 radical (unpaired) electrons. The molecule has 7 nitrogen and oxygen atoms in total. The van der Waals surface area contributed by atoms with Crippen molar-refractivity contribution < 1.29 is 19.1 Å². The van der Waals surface area contributed by atoms with Crippen LogP contribution >= 0.6 is 11.3 Å². The summed E-state index contributed by atoms with van der Waals surface area (Å²) in [5, 5.41) is 3.06. The number of carbonyl (C=O) groups excluding carboxylic acids is 3. The molecule has 0 atom stereocenters. The highest BCUT2D eigenvalue weighted by Crippen LogP contribution is 2.35. The largest absolute Gasteiger partial charge is 0.459 e. The number of aromatic nitrogens is 1. The van der Waals surface area contributed by atoms with Gasteiger partial charge in [-0.05, 0) is 52.3 Å². The third-order valence-electron chi connectivity index (χ3n) is 4.11. The van der Waals surface area contributed by atoms with E-state index in [4.69, 9.17) is 4.74 Å². The maximum atomic E-state index is 12.9. The first-order chi connectivity index (χ1) is 13.3. The summed E-state index contributed by atoms with van der Waals surface area (Å²) in [4.78, 5) is 44.1. The zero-order valence-corrected chi connectivity index (χ0v) is 17.6. The van der Waals surface area contributed by atoms with Crippen molar-refractivity contribution in [3.05, 3.63) is 46.1 Å². The van der Waals surface area contributed by atoms with Crippen LogP contribution in [0.15, 0.2) is 24.5 Å². The van der Waals surface area contributed by atoms with Gasteiger partial charge in [-0.3, -0.25) is 14.6 Å². The van der Waals surface area contributed by atoms with Crippen LogP contribution < -0.4 is 5.32 Å². The molecule has 0 fully saturated rings. The Kier molecular flexibility index (Phi) is 7.28. The standard InChI is InChI=1S/C20H25N3O4S/c1-6-23(7-2)19(25)16-13(5)15(20(26)27-12(3)4)18(28-16)22-17(24)14-8-10-21-11-9-14/h8-12H,6-7H2,1-5H3,(H,22,24). The molecule has 0 aromatic carbocycles. The van der Waals surface area contributed by atoms with Gasteiger partial charge in [0.25, 0.3) is 11.8 Å². The topological polar surface area (TPSA) is 88.6 Å². The van der Waals surface area contributed by atoms with Crippen molar-refractivity contribution in [2.45, 2.75) is 40.7 Å². The fourth-order valence-electron chi connectivity index (χ4n) is 2.66. The summed E-state index contributed by atoms with van der Waals surface area (Å²) < 4.78 is 5.33. The van der Waals surface area contributed by atoms with Crippen LogP contribution in [0.25, 0.3) is 0 Å². The van der Waals surface area contributed by atoms with Gasteiger partial charge in [0.15, 0.2) is 0 Å². The van der Waals surface area contributed by atoms with Crippen LogP contribution in [0.5, 0.6) is 0 Å². The van der Waals surface area contributed by atoms with Gasteiger partial charge in [-0.2, -0.15) is 0 Å². The van der Waals surface area contributed by atoms with E-state index in [0.29, 0.717) is 34.1 Å². The highest BCUT2D eigenvalue weighted by Gasteiger charge is 2.28. The Morgan fingerprint density at radius 2 is 1.79 bits per heavy atom. The quantitative estimate of drug-likeness (QED) is 0.711. The average molecular weight is 404 g/mol. The summed E-state index contributed by atoms with van der Waals surface area (Å²) in [6.07, 6.45) is 2.70. The van der Waals surface area contributed by atoms with Crippen molar-refractivity contribution in [3.63, 3.8) is 0 Å². The number of hydrogen-bond donors (Lipinski definition) is 1. The Morgan fingerprint density at radius 3 is 2.32 bits per heavy atom. The number of ether oxygens (including phenoxy) is 1. The summed E-state index contributed by atoms with van der Waals surface area (Å²) in [6, 6.07) is 3.15. The molecule has 28 heavy (non-hydrogen) atoms. The molecule has 0 saturated heterocycles. The summed E-state index contributed by atoms with van der Waals surface area (Å²) in [5.41, 5.74) is 1.13. The van der Waals surface area contributed by atoms with Crippen molar-refractivity contribution in [1.29, 1.82) is 0 Å². The van der Waals surface area contributed by atoms with Gasteiger partial charge in [0.2, 0.25) is 0 Å². The van der Waals surface area contributed by atoms with Gasteiger partial charge in [0.05, 0.1) is 16.5 Å². The minimum Gasteiger partial charge on any atom is -0.459 e. The predicted molar refractivity (Wildman–Crippen MR) is 109 cm³/mol. The second kappa shape index (κ2) is 9.45. The first-order valence-electron chi connectivity index (χ1n) is 9.15. The van der Waals surface area contributed by atoms with E-state index in [0.717, 1.165) is 11.3 Å². The SMILES string of the molecule is CCN(CC)C(=O)c1sc(NC(=O)c2ccncc2)c(C(=O)OC(C)C)c1C. The van der Waals surface area contributed by atoms with Crippen molar-refractivity contribution in [2.75, 3.05) is 18.4 Å². The monoisotopic (exact) mass is 403 g/mol. The molecule has 2 aromatic rings. The van der Waals surface area contributed by atoms with Crippen LogP contribution in [-0.4, -0.2) is 46.9 Å². The molecule has 0 unspecified atom stereocenters. The second-order valence-corrected chi connectivity index (χ2v) is 7.40. The summed E-state index contributed by atoms with van der Waals surface area (Å²) in [6.45, 7) is 10.1. The smallest absolute Gasteiger partial charge is 0.341 e. The van der Waals surface area contributed by atoms with Crippen molar-refractivity contribution >= 4 is 34.1 Å². The Balaban J connectivity index is 2.47. The van der Waals surface area contributed by atoms with Crippen LogP contribution in [0, 0.1) is 6.92 Å². The summed E-state index contributed by atoms with van der Waals surface area (Å²) in [5.74, 6) is -1.12. The van der Waals surface area contributed by atoms with E-state index in [1.807, 2.05) is 13.8 Å². The number of nitrogens with zero attached hydrogens (tertiary/aromatic N) is 2. The molecule has 2 heterocycles. The van der Waals surface area contributed by atoms with E-state index in [1.165, 1.54) is 12.4 Å². The predicted octanol–water partition coefficient (Wildman–Crippen LogP) is 3.75. The Bertz CT molecular complexity index is 858. The lowest BCUT2D eigenvalue weighted by molar-refractivity contribution is 0.0379. The minimum absolute atomic E-state index is 0.171. The lowest BCUT2D eigenvalue weighted by Crippen LogP contribution is -2.30. The Labute approximate surface area is 168 Å². The molecule has 0 bridgehead atoms. The molecule has 0 spiro atoms. The van der Waals surface area contributed by atoms with Crippen LogP contribution in [0.4, 0.5) is 5.00 Å². The normalized spacial score (nSPS) is 10.6. The molecular weight excluding hydrogens is 378 g/mol. The maximum Gasteiger partial charge on any atom is 0.341 e. The third-order valence-corrected chi connectivity index (χ3v) is 5.30. The van der Waals surface area contributed by atoms with Gasteiger partial charge in [-0.1, -0.05) is 0 Å². The van der Waals surface area contributed by atoms with Crippen molar-refractivity contribution in [3.8, 4) is 0 Å². The van der Waals surface area contributed by atoms with Gasteiger partial charge in [-0.15, -0.1) is 11.3 Å². The first-order valence-corrected chi connectivity index (χ1v) is 9.96. The number of esters is 1. The van der Waals surface area contributed by atoms with Crippen LogP contribution in [0.2, 0.25) is 0 Å². The molecule has 2 amide bonds. The number of nitrogens with one attached hydrogen (secondary N) is 1. The van der Waals surface area contributed by atoms with E-state index in [1.54, 1.807) is 37.8 Å². The lowest BCUT2D eigenvalue weighted by atomic mass is 10.1. The molecule has 2 rings (SSSR count). The number of pyridine rings is 1. The minimum atomic E-state index is -0.563. The highest BCUT2D eigenvalue weighted by molar-refractivity contribution is 7.18. The molecule has 0 saturated carbocycles. The molecule has 1 N–H and O–H groups in total. The first kappa shape index (κ1) is 21.6. The third kappa shape index (κ3) is 4.75. The van der Waals surface area contributed by atoms with E-state index in [9.17, 15) is 14.4 Å². The molecule has 0 aliphatic heterocycles. The van der Waals surface area contributed by atoms with Crippen molar-refractivity contribution in [1.82, 2.24) is 9.88 Å². The van der Waals surface area contributed by atoms with Crippen molar-refractivity contribution in [2.24, 2.45) is 0 Å². The maximum absolute atomic E-state index is 12.9. The van der Waals surface area contributed by atoms with Gasteiger partial charge < -0.3 is 15.0 Å². The number of hydrogen-bond acceptors (Lipinski definition) is 6. The molecule has 8 heteroatoms. The zero-order chi connectivity index (χ0) is 20.8. The number of carbonyl (C=O) groups is 3. The van der Waals surface area contributed by atoms with Gasteiger partial charge >= 0.3 is 5.97 Å².